The van der Waals surface area contributed by atoms with Crippen LogP contribution in [0.4, 0.5) is 0 Å². The minimum atomic E-state index is -1.69. The third-order valence-electron chi connectivity index (χ3n) is 3.70. The Labute approximate surface area is 112 Å². The van der Waals surface area contributed by atoms with Crippen molar-refractivity contribution in [1.82, 2.24) is 0 Å². The molecule has 0 spiro atoms. The van der Waals surface area contributed by atoms with E-state index < -0.39 is 8.32 Å². The molecule has 0 amide bonds. The fourth-order valence-electron chi connectivity index (χ4n) is 1.34. The van der Waals surface area contributed by atoms with Gasteiger partial charge in [-0.15, -0.1) is 0 Å². The predicted octanol–water partition coefficient (Wildman–Crippen LogP) is 4.14. The third kappa shape index (κ3) is 3.72. The molecule has 0 atom stereocenters. The molecule has 0 aliphatic rings. The van der Waals surface area contributed by atoms with Crippen molar-refractivity contribution in [3.63, 3.8) is 0 Å². The fraction of sp³-hybridized carbons (Fsp3) is 0.467. The number of hydrogen-bond donors (Lipinski definition) is 1. The van der Waals surface area contributed by atoms with Crippen LogP contribution in [0.25, 0.3) is 5.70 Å². The second kappa shape index (κ2) is 5.29. The first-order valence-corrected chi connectivity index (χ1v) is 9.22. The van der Waals surface area contributed by atoms with Gasteiger partial charge in [0.05, 0.1) is 6.61 Å². The predicted molar refractivity (Wildman–Crippen MR) is 81.6 cm³/mol. The zero-order valence-corrected chi connectivity index (χ0v) is 13.2. The lowest BCUT2D eigenvalue weighted by Gasteiger charge is -2.36. The highest BCUT2D eigenvalue weighted by molar-refractivity contribution is 6.74. The highest BCUT2D eigenvalue weighted by atomic mass is 28.4. The Morgan fingerprint density at radius 2 is 1.94 bits per heavy atom. The van der Waals surface area contributed by atoms with Crippen molar-refractivity contribution in [2.75, 3.05) is 0 Å². The summed E-state index contributed by atoms with van der Waals surface area (Å²) in [4.78, 5) is 0. The molecule has 0 saturated carbocycles. The highest BCUT2D eigenvalue weighted by Gasteiger charge is 2.36. The van der Waals surface area contributed by atoms with Crippen LogP contribution in [0.1, 0.15) is 31.9 Å². The van der Waals surface area contributed by atoms with Gasteiger partial charge in [0.25, 0.3) is 0 Å². The SMILES string of the molecule is C=C(N)c1cccc(CO[Si](C)(C)C(C)(C)C)c1. The Kier molecular flexibility index (Phi) is 4.40. The summed E-state index contributed by atoms with van der Waals surface area (Å²) < 4.78 is 6.18. The number of hydrogen-bond acceptors (Lipinski definition) is 2. The van der Waals surface area contributed by atoms with Crippen LogP contribution < -0.4 is 5.73 Å². The van der Waals surface area contributed by atoms with E-state index >= 15 is 0 Å². The zero-order valence-electron chi connectivity index (χ0n) is 12.2. The summed E-state index contributed by atoms with van der Waals surface area (Å²) in [5.74, 6) is 0. The molecule has 0 radical (unpaired) electrons. The topological polar surface area (TPSA) is 35.2 Å². The minimum Gasteiger partial charge on any atom is -0.413 e. The summed E-state index contributed by atoms with van der Waals surface area (Å²) in [6.07, 6.45) is 0. The number of benzene rings is 1. The maximum absolute atomic E-state index is 6.18. The molecule has 0 aliphatic carbocycles. The van der Waals surface area contributed by atoms with Gasteiger partial charge in [-0.25, -0.2) is 0 Å². The van der Waals surface area contributed by atoms with Crippen LogP contribution in [0.5, 0.6) is 0 Å². The maximum atomic E-state index is 6.18. The molecule has 1 rings (SSSR count). The average molecular weight is 263 g/mol. The Balaban J connectivity index is 2.75. The molecule has 0 fully saturated rings. The van der Waals surface area contributed by atoms with E-state index in [0.29, 0.717) is 12.3 Å². The standard InChI is InChI=1S/C15H25NOSi/c1-12(16)14-9-7-8-13(10-14)11-17-18(5,6)15(2,3)4/h7-10H,1,11,16H2,2-6H3. The van der Waals surface area contributed by atoms with Crippen molar-refractivity contribution in [2.24, 2.45) is 5.73 Å². The lowest BCUT2D eigenvalue weighted by molar-refractivity contribution is 0.276. The second-order valence-corrected chi connectivity index (χ2v) is 11.1. The van der Waals surface area contributed by atoms with Gasteiger partial charge in [-0.2, -0.15) is 0 Å². The second-order valence-electron chi connectivity index (χ2n) is 6.27. The molecule has 2 N–H and O–H groups in total. The van der Waals surface area contributed by atoms with Crippen molar-refractivity contribution >= 4 is 14.0 Å². The molecule has 1 aromatic carbocycles. The lowest BCUT2D eigenvalue weighted by atomic mass is 10.1. The van der Waals surface area contributed by atoms with Crippen LogP contribution in [-0.4, -0.2) is 8.32 Å². The monoisotopic (exact) mass is 263 g/mol. The van der Waals surface area contributed by atoms with E-state index in [1.165, 1.54) is 0 Å². The van der Waals surface area contributed by atoms with Gasteiger partial charge in [0.2, 0.25) is 0 Å². The Hall–Kier alpha value is -1.06. The smallest absolute Gasteiger partial charge is 0.192 e. The van der Waals surface area contributed by atoms with Gasteiger partial charge in [0.15, 0.2) is 8.32 Å². The number of nitrogens with two attached hydrogens (primary N) is 1. The van der Waals surface area contributed by atoms with Crippen LogP contribution in [0.2, 0.25) is 18.1 Å². The van der Waals surface area contributed by atoms with E-state index in [9.17, 15) is 0 Å². The Bertz CT molecular complexity index is 432. The van der Waals surface area contributed by atoms with Gasteiger partial charge in [-0.05, 0) is 35.3 Å². The Morgan fingerprint density at radius 1 is 1.33 bits per heavy atom. The van der Waals surface area contributed by atoms with Crippen LogP contribution in [0.3, 0.4) is 0 Å². The summed E-state index contributed by atoms with van der Waals surface area (Å²) >= 11 is 0. The zero-order chi connectivity index (χ0) is 14.0. The summed E-state index contributed by atoms with van der Waals surface area (Å²) in [5.41, 5.74) is 8.44. The summed E-state index contributed by atoms with van der Waals surface area (Å²) in [5, 5.41) is 0.238. The van der Waals surface area contributed by atoms with Crippen LogP contribution >= 0.6 is 0 Å². The lowest BCUT2D eigenvalue weighted by Crippen LogP contribution is -2.40. The van der Waals surface area contributed by atoms with Crippen molar-refractivity contribution in [3.05, 3.63) is 42.0 Å². The average Bonchev–Trinajstić information content (AvgIpc) is 2.25. The van der Waals surface area contributed by atoms with Crippen molar-refractivity contribution in [3.8, 4) is 0 Å². The third-order valence-corrected chi connectivity index (χ3v) is 8.18. The minimum absolute atomic E-state index is 0.238. The van der Waals surface area contributed by atoms with Crippen LogP contribution in [-0.2, 0) is 11.0 Å². The molecule has 3 heteroatoms. The summed E-state index contributed by atoms with van der Waals surface area (Å²) in [7, 11) is -1.69. The molecule has 0 saturated heterocycles. The van der Waals surface area contributed by atoms with Gasteiger partial charge >= 0.3 is 0 Å². The molecule has 100 valence electrons. The van der Waals surface area contributed by atoms with Crippen molar-refractivity contribution in [2.45, 2.75) is 45.5 Å². The first-order chi connectivity index (χ1) is 8.13. The van der Waals surface area contributed by atoms with Crippen LogP contribution in [0, 0.1) is 0 Å². The van der Waals surface area contributed by atoms with Gasteiger partial charge in [0, 0.05) is 5.70 Å². The van der Waals surface area contributed by atoms with Crippen molar-refractivity contribution in [1.29, 1.82) is 0 Å². The molecule has 1 aromatic rings. The molecule has 0 aliphatic heterocycles. The first-order valence-electron chi connectivity index (χ1n) is 6.31. The summed E-state index contributed by atoms with van der Waals surface area (Å²) in [6.45, 7) is 15.7. The molecule has 0 bridgehead atoms. The molecule has 0 heterocycles. The highest BCUT2D eigenvalue weighted by Crippen LogP contribution is 2.37. The van der Waals surface area contributed by atoms with E-state index in [4.69, 9.17) is 10.2 Å². The molecule has 0 unspecified atom stereocenters. The largest absolute Gasteiger partial charge is 0.413 e. The van der Waals surface area contributed by atoms with E-state index in [-0.39, 0.29) is 5.04 Å². The molecular weight excluding hydrogens is 238 g/mol. The van der Waals surface area contributed by atoms with E-state index in [1.807, 2.05) is 12.1 Å². The Morgan fingerprint density at radius 3 is 2.44 bits per heavy atom. The quantitative estimate of drug-likeness (QED) is 0.829. The van der Waals surface area contributed by atoms with Gasteiger partial charge in [0.1, 0.15) is 0 Å². The van der Waals surface area contributed by atoms with E-state index in [2.05, 4.69) is 52.6 Å². The van der Waals surface area contributed by atoms with Gasteiger partial charge < -0.3 is 10.2 Å². The summed E-state index contributed by atoms with van der Waals surface area (Å²) in [6, 6.07) is 8.09. The molecule has 2 nitrogen and oxygen atoms in total. The first kappa shape index (κ1) is 15.0. The normalized spacial score (nSPS) is 12.5. The molecular formula is C15H25NOSi. The van der Waals surface area contributed by atoms with E-state index in [0.717, 1.165) is 11.1 Å². The molecule has 0 aromatic heterocycles. The van der Waals surface area contributed by atoms with Gasteiger partial charge in [-0.1, -0.05) is 45.5 Å². The van der Waals surface area contributed by atoms with Crippen molar-refractivity contribution < 1.29 is 4.43 Å². The van der Waals surface area contributed by atoms with E-state index in [1.54, 1.807) is 0 Å². The molecule has 18 heavy (non-hydrogen) atoms. The number of rotatable bonds is 4. The van der Waals surface area contributed by atoms with Gasteiger partial charge in [-0.3, -0.25) is 0 Å². The maximum Gasteiger partial charge on any atom is 0.192 e. The van der Waals surface area contributed by atoms with Crippen LogP contribution in [0.15, 0.2) is 30.8 Å². The fourth-order valence-corrected chi connectivity index (χ4v) is 2.30.